The maximum atomic E-state index is 12.2. The van der Waals surface area contributed by atoms with Crippen LogP contribution in [0.4, 0.5) is 5.69 Å². The number of carbonyl (C=O) groups excluding carboxylic acids is 1. The van der Waals surface area contributed by atoms with Crippen LogP contribution in [0.3, 0.4) is 0 Å². The van der Waals surface area contributed by atoms with Gasteiger partial charge < -0.3 is 10.3 Å². The van der Waals surface area contributed by atoms with Gasteiger partial charge in [-0.3, -0.25) is 4.79 Å². The van der Waals surface area contributed by atoms with E-state index >= 15 is 0 Å². The Bertz CT molecular complexity index is 775. The molecule has 0 spiro atoms. The van der Waals surface area contributed by atoms with E-state index in [9.17, 15) is 4.79 Å². The Hall–Kier alpha value is -1.97. The van der Waals surface area contributed by atoms with E-state index in [1.807, 2.05) is 24.4 Å². The van der Waals surface area contributed by atoms with E-state index in [2.05, 4.69) is 10.3 Å². The Labute approximate surface area is 125 Å². The molecule has 1 amide bonds. The lowest BCUT2D eigenvalue weighted by Crippen LogP contribution is -2.11. The number of amides is 1. The van der Waals surface area contributed by atoms with Crippen molar-refractivity contribution >= 4 is 45.7 Å². The van der Waals surface area contributed by atoms with Crippen molar-refractivity contribution in [3.05, 3.63) is 64.3 Å². The smallest absolute Gasteiger partial charge is 0.255 e. The van der Waals surface area contributed by atoms with Gasteiger partial charge in [0.25, 0.3) is 5.91 Å². The standard InChI is InChI=1S/C15H10Cl2N2O/c16-11-6-12(17)8-13(7-11)19-15(20)10-1-2-14-9(5-10)3-4-18-14/h1-8,18H,(H,19,20). The van der Waals surface area contributed by atoms with Crippen LogP contribution in [0.15, 0.2) is 48.7 Å². The summed E-state index contributed by atoms with van der Waals surface area (Å²) in [6, 6.07) is 12.3. The second kappa shape index (κ2) is 5.19. The van der Waals surface area contributed by atoms with Crippen LogP contribution in [0.1, 0.15) is 10.4 Å². The van der Waals surface area contributed by atoms with E-state index < -0.39 is 0 Å². The number of aromatic amines is 1. The molecule has 2 aromatic carbocycles. The summed E-state index contributed by atoms with van der Waals surface area (Å²) in [4.78, 5) is 15.3. The lowest BCUT2D eigenvalue weighted by atomic mass is 10.1. The second-order valence-electron chi connectivity index (χ2n) is 4.39. The molecule has 100 valence electrons. The minimum absolute atomic E-state index is 0.202. The van der Waals surface area contributed by atoms with E-state index in [-0.39, 0.29) is 5.91 Å². The Balaban J connectivity index is 1.88. The van der Waals surface area contributed by atoms with Crippen LogP contribution in [0.2, 0.25) is 10.0 Å². The van der Waals surface area contributed by atoms with Crippen LogP contribution in [0.5, 0.6) is 0 Å². The first-order chi connectivity index (χ1) is 9.61. The van der Waals surface area contributed by atoms with Gasteiger partial charge >= 0.3 is 0 Å². The number of anilines is 1. The minimum atomic E-state index is -0.202. The fourth-order valence-electron chi connectivity index (χ4n) is 2.02. The molecule has 3 rings (SSSR count). The molecule has 0 saturated carbocycles. The molecule has 0 aliphatic carbocycles. The van der Waals surface area contributed by atoms with Crippen molar-refractivity contribution in [1.82, 2.24) is 4.98 Å². The van der Waals surface area contributed by atoms with Crippen LogP contribution in [-0.4, -0.2) is 10.9 Å². The summed E-state index contributed by atoms with van der Waals surface area (Å²) >= 11 is 11.8. The maximum Gasteiger partial charge on any atom is 0.255 e. The maximum absolute atomic E-state index is 12.2. The Morgan fingerprint density at radius 1 is 1.00 bits per heavy atom. The highest BCUT2D eigenvalue weighted by atomic mass is 35.5. The van der Waals surface area contributed by atoms with Crippen LogP contribution in [-0.2, 0) is 0 Å². The Kier molecular flexibility index (Phi) is 3.38. The number of hydrogen-bond donors (Lipinski definition) is 2. The second-order valence-corrected chi connectivity index (χ2v) is 5.26. The quantitative estimate of drug-likeness (QED) is 0.706. The molecule has 1 heterocycles. The average molecular weight is 305 g/mol. The van der Waals surface area contributed by atoms with Crippen molar-refractivity contribution in [2.45, 2.75) is 0 Å². The largest absolute Gasteiger partial charge is 0.361 e. The molecule has 20 heavy (non-hydrogen) atoms. The van der Waals surface area contributed by atoms with Gasteiger partial charge in [-0.15, -0.1) is 0 Å². The van der Waals surface area contributed by atoms with Gasteiger partial charge in [0.2, 0.25) is 0 Å². The normalized spacial score (nSPS) is 10.7. The van der Waals surface area contributed by atoms with E-state index in [1.165, 1.54) is 0 Å². The van der Waals surface area contributed by atoms with Gasteiger partial charge in [-0.1, -0.05) is 23.2 Å². The predicted octanol–water partition coefficient (Wildman–Crippen LogP) is 4.73. The molecule has 0 aliphatic heterocycles. The highest BCUT2D eigenvalue weighted by Crippen LogP contribution is 2.23. The van der Waals surface area contributed by atoms with Gasteiger partial charge in [0.05, 0.1) is 0 Å². The number of H-pyrrole nitrogens is 1. The topological polar surface area (TPSA) is 44.9 Å². The van der Waals surface area contributed by atoms with Crippen molar-refractivity contribution in [1.29, 1.82) is 0 Å². The number of carbonyl (C=O) groups is 1. The van der Waals surface area contributed by atoms with E-state index in [0.717, 1.165) is 10.9 Å². The molecular formula is C15H10Cl2N2O. The molecule has 0 unspecified atom stereocenters. The number of aromatic nitrogens is 1. The van der Waals surface area contributed by atoms with Crippen molar-refractivity contribution in [2.75, 3.05) is 5.32 Å². The first-order valence-electron chi connectivity index (χ1n) is 5.96. The third kappa shape index (κ3) is 2.64. The van der Waals surface area contributed by atoms with Crippen LogP contribution >= 0.6 is 23.2 Å². The number of halogens is 2. The monoisotopic (exact) mass is 304 g/mol. The van der Waals surface area contributed by atoms with Crippen molar-refractivity contribution in [3.8, 4) is 0 Å². The number of benzene rings is 2. The lowest BCUT2D eigenvalue weighted by Gasteiger charge is -2.06. The summed E-state index contributed by atoms with van der Waals surface area (Å²) in [5.74, 6) is -0.202. The SMILES string of the molecule is O=C(Nc1cc(Cl)cc(Cl)c1)c1ccc2[nH]ccc2c1. The molecule has 0 aliphatic rings. The molecule has 5 heteroatoms. The Morgan fingerprint density at radius 3 is 2.50 bits per heavy atom. The van der Waals surface area contributed by atoms with Gasteiger partial charge in [-0.25, -0.2) is 0 Å². The minimum Gasteiger partial charge on any atom is -0.361 e. The number of fused-ring (bicyclic) bond motifs is 1. The first-order valence-corrected chi connectivity index (χ1v) is 6.72. The predicted molar refractivity (Wildman–Crippen MR) is 82.7 cm³/mol. The van der Waals surface area contributed by atoms with E-state index in [0.29, 0.717) is 21.3 Å². The van der Waals surface area contributed by atoms with Gasteiger partial charge in [0.1, 0.15) is 0 Å². The van der Waals surface area contributed by atoms with E-state index in [1.54, 1.807) is 24.3 Å². The molecule has 0 atom stereocenters. The summed E-state index contributed by atoms with van der Waals surface area (Å²) in [7, 11) is 0. The molecule has 3 nitrogen and oxygen atoms in total. The van der Waals surface area contributed by atoms with Gasteiger partial charge in [-0.05, 0) is 42.5 Å². The number of nitrogens with one attached hydrogen (secondary N) is 2. The van der Waals surface area contributed by atoms with Crippen molar-refractivity contribution in [2.24, 2.45) is 0 Å². The highest BCUT2D eigenvalue weighted by Gasteiger charge is 2.08. The fourth-order valence-corrected chi connectivity index (χ4v) is 2.55. The fraction of sp³-hybridized carbons (Fsp3) is 0. The summed E-state index contributed by atoms with van der Waals surface area (Å²) in [6.45, 7) is 0. The van der Waals surface area contributed by atoms with Crippen molar-refractivity contribution in [3.63, 3.8) is 0 Å². The number of rotatable bonds is 2. The first kappa shape index (κ1) is 13.0. The molecule has 1 aromatic heterocycles. The third-order valence-corrected chi connectivity index (χ3v) is 3.37. The summed E-state index contributed by atoms with van der Waals surface area (Å²) in [5.41, 5.74) is 2.14. The molecule has 2 N–H and O–H groups in total. The summed E-state index contributed by atoms with van der Waals surface area (Å²) < 4.78 is 0. The van der Waals surface area contributed by atoms with Gasteiger partial charge in [0, 0.05) is 38.4 Å². The van der Waals surface area contributed by atoms with Crippen LogP contribution < -0.4 is 5.32 Å². The van der Waals surface area contributed by atoms with Crippen molar-refractivity contribution < 1.29 is 4.79 Å². The average Bonchev–Trinajstić information content (AvgIpc) is 2.84. The molecule has 0 saturated heterocycles. The molecular weight excluding hydrogens is 295 g/mol. The molecule has 0 fully saturated rings. The summed E-state index contributed by atoms with van der Waals surface area (Å²) in [6.07, 6.45) is 1.84. The lowest BCUT2D eigenvalue weighted by molar-refractivity contribution is 0.102. The molecule has 3 aromatic rings. The zero-order chi connectivity index (χ0) is 14.1. The zero-order valence-electron chi connectivity index (χ0n) is 10.3. The van der Waals surface area contributed by atoms with Gasteiger partial charge in [0.15, 0.2) is 0 Å². The Morgan fingerprint density at radius 2 is 1.75 bits per heavy atom. The third-order valence-electron chi connectivity index (χ3n) is 2.94. The zero-order valence-corrected chi connectivity index (χ0v) is 11.8. The van der Waals surface area contributed by atoms with Crippen LogP contribution in [0.25, 0.3) is 10.9 Å². The highest BCUT2D eigenvalue weighted by molar-refractivity contribution is 6.35. The number of hydrogen-bond acceptors (Lipinski definition) is 1. The summed E-state index contributed by atoms with van der Waals surface area (Å²) in [5, 5.41) is 4.73. The van der Waals surface area contributed by atoms with Gasteiger partial charge in [-0.2, -0.15) is 0 Å². The van der Waals surface area contributed by atoms with Crippen LogP contribution in [0, 0.1) is 0 Å². The molecule has 0 radical (unpaired) electrons. The molecule has 0 bridgehead atoms. The van der Waals surface area contributed by atoms with E-state index in [4.69, 9.17) is 23.2 Å².